The van der Waals surface area contributed by atoms with Crippen LogP contribution < -0.4 is 5.32 Å². The van der Waals surface area contributed by atoms with Crippen LogP contribution in [0.4, 0.5) is 0 Å². The lowest BCUT2D eigenvalue weighted by atomic mass is 10.2. The van der Waals surface area contributed by atoms with Gasteiger partial charge in [-0.05, 0) is 18.6 Å². The molecule has 90 valence electrons. The van der Waals surface area contributed by atoms with Gasteiger partial charge in [0.25, 0.3) is 5.91 Å². The van der Waals surface area contributed by atoms with Crippen molar-refractivity contribution in [3.8, 4) is 0 Å². The van der Waals surface area contributed by atoms with Gasteiger partial charge in [0.15, 0.2) is 0 Å². The van der Waals surface area contributed by atoms with Gasteiger partial charge in [0.1, 0.15) is 5.69 Å². The molecule has 1 saturated heterocycles. The Morgan fingerprint density at radius 1 is 1.47 bits per heavy atom. The molecule has 5 heteroatoms. The van der Waals surface area contributed by atoms with Crippen molar-refractivity contribution in [3.63, 3.8) is 0 Å². The Bertz CT molecular complexity index is 445. The van der Waals surface area contributed by atoms with Crippen LogP contribution in [0.15, 0.2) is 18.3 Å². The molecule has 0 bridgehead atoms. The highest BCUT2D eigenvalue weighted by atomic mass is 16.2. The first-order chi connectivity index (χ1) is 8.18. The lowest BCUT2D eigenvalue weighted by Gasteiger charge is -2.19. The molecule has 0 radical (unpaired) electrons. The van der Waals surface area contributed by atoms with Crippen molar-refractivity contribution in [3.05, 3.63) is 29.6 Å². The third kappa shape index (κ3) is 2.61. The predicted octanol–water partition coefficient (Wildman–Crippen LogP) is 0.352. The second-order valence-electron chi connectivity index (χ2n) is 4.06. The summed E-state index contributed by atoms with van der Waals surface area (Å²) in [5.74, 6) is -0.0994. The number of rotatable bonds is 1. The van der Waals surface area contributed by atoms with E-state index in [1.54, 1.807) is 17.2 Å². The van der Waals surface area contributed by atoms with Gasteiger partial charge in [-0.2, -0.15) is 0 Å². The molecule has 2 amide bonds. The Morgan fingerprint density at radius 3 is 3.06 bits per heavy atom. The maximum absolute atomic E-state index is 12.2. The Hall–Kier alpha value is -1.91. The third-order valence-corrected chi connectivity index (χ3v) is 2.81. The van der Waals surface area contributed by atoms with Gasteiger partial charge < -0.3 is 10.2 Å². The maximum atomic E-state index is 12.2. The minimum absolute atomic E-state index is 0.00181. The van der Waals surface area contributed by atoms with Gasteiger partial charge in [-0.15, -0.1) is 0 Å². The molecule has 1 N–H and O–H groups in total. The molecule has 0 atom stereocenters. The average molecular weight is 233 g/mol. The molecule has 0 aromatic carbocycles. The molecule has 17 heavy (non-hydrogen) atoms. The van der Waals surface area contributed by atoms with Crippen LogP contribution in [0.25, 0.3) is 0 Å². The van der Waals surface area contributed by atoms with Gasteiger partial charge >= 0.3 is 0 Å². The van der Waals surface area contributed by atoms with Crippen molar-refractivity contribution in [1.29, 1.82) is 0 Å². The highest BCUT2D eigenvalue weighted by molar-refractivity contribution is 5.94. The molecule has 5 nitrogen and oxygen atoms in total. The van der Waals surface area contributed by atoms with Crippen molar-refractivity contribution in [2.45, 2.75) is 13.3 Å². The zero-order valence-corrected chi connectivity index (χ0v) is 9.77. The van der Waals surface area contributed by atoms with E-state index < -0.39 is 0 Å². The number of aryl methyl sites for hydroxylation is 1. The molecule has 0 aliphatic carbocycles. The summed E-state index contributed by atoms with van der Waals surface area (Å²) >= 11 is 0. The molecule has 0 spiro atoms. The largest absolute Gasteiger partial charge is 0.354 e. The standard InChI is InChI=1S/C12H15N3O2/c1-9-3-2-5-14-11(9)12(17)15-7-4-10(16)13-6-8-15/h2-3,5H,4,6-8H2,1H3,(H,13,16). The monoisotopic (exact) mass is 233 g/mol. The summed E-state index contributed by atoms with van der Waals surface area (Å²) in [6.45, 7) is 3.37. The first kappa shape index (κ1) is 11.6. The lowest BCUT2D eigenvalue weighted by Crippen LogP contribution is -2.35. The topological polar surface area (TPSA) is 62.3 Å². The number of nitrogens with one attached hydrogen (secondary N) is 1. The Morgan fingerprint density at radius 2 is 2.29 bits per heavy atom. The zero-order valence-electron chi connectivity index (χ0n) is 9.77. The van der Waals surface area contributed by atoms with Crippen LogP contribution in [0.3, 0.4) is 0 Å². The number of hydrogen-bond acceptors (Lipinski definition) is 3. The number of carbonyl (C=O) groups is 2. The highest BCUT2D eigenvalue weighted by Crippen LogP contribution is 2.08. The van der Waals surface area contributed by atoms with E-state index in [1.165, 1.54) is 0 Å². The summed E-state index contributed by atoms with van der Waals surface area (Å²) in [5.41, 5.74) is 1.34. The molecule has 1 fully saturated rings. The zero-order chi connectivity index (χ0) is 12.3. The van der Waals surface area contributed by atoms with E-state index in [4.69, 9.17) is 0 Å². The van der Waals surface area contributed by atoms with Crippen LogP contribution in [0.2, 0.25) is 0 Å². The van der Waals surface area contributed by atoms with E-state index in [-0.39, 0.29) is 11.8 Å². The van der Waals surface area contributed by atoms with E-state index in [9.17, 15) is 9.59 Å². The van der Waals surface area contributed by atoms with Crippen molar-refractivity contribution in [1.82, 2.24) is 15.2 Å². The number of pyridine rings is 1. The summed E-state index contributed by atoms with van der Waals surface area (Å²) in [4.78, 5) is 29.2. The minimum atomic E-state index is -0.0976. The second kappa shape index (κ2) is 4.95. The fourth-order valence-electron chi connectivity index (χ4n) is 1.83. The van der Waals surface area contributed by atoms with Crippen LogP contribution in [0, 0.1) is 6.92 Å². The SMILES string of the molecule is Cc1cccnc1C(=O)N1CCNC(=O)CC1. The fourth-order valence-corrected chi connectivity index (χ4v) is 1.83. The summed E-state index contributed by atoms with van der Waals surface area (Å²) in [7, 11) is 0. The van der Waals surface area contributed by atoms with Gasteiger partial charge in [0.05, 0.1) is 0 Å². The molecule has 1 aromatic heterocycles. The molecular weight excluding hydrogens is 218 g/mol. The van der Waals surface area contributed by atoms with Crippen LogP contribution in [0.5, 0.6) is 0 Å². The fraction of sp³-hybridized carbons (Fsp3) is 0.417. The summed E-state index contributed by atoms with van der Waals surface area (Å²) in [5, 5.41) is 2.74. The number of amides is 2. The van der Waals surface area contributed by atoms with E-state index in [2.05, 4.69) is 10.3 Å². The summed E-state index contributed by atoms with van der Waals surface area (Å²) in [6, 6.07) is 3.67. The van der Waals surface area contributed by atoms with Gasteiger partial charge in [0.2, 0.25) is 5.91 Å². The van der Waals surface area contributed by atoms with Crippen molar-refractivity contribution in [2.24, 2.45) is 0 Å². The number of carbonyl (C=O) groups excluding carboxylic acids is 2. The quantitative estimate of drug-likeness (QED) is 0.761. The highest BCUT2D eigenvalue weighted by Gasteiger charge is 2.21. The number of aromatic nitrogens is 1. The van der Waals surface area contributed by atoms with Gasteiger partial charge in [-0.1, -0.05) is 6.07 Å². The third-order valence-electron chi connectivity index (χ3n) is 2.81. The first-order valence-corrected chi connectivity index (χ1v) is 5.66. The molecule has 1 aromatic rings. The van der Waals surface area contributed by atoms with E-state index in [0.29, 0.717) is 31.7 Å². The second-order valence-corrected chi connectivity index (χ2v) is 4.06. The maximum Gasteiger partial charge on any atom is 0.272 e. The molecule has 2 rings (SSSR count). The number of nitrogens with zero attached hydrogens (tertiary/aromatic N) is 2. The molecule has 0 unspecified atom stereocenters. The summed E-state index contributed by atoms with van der Waals surface area (Å²) in [6.07, 6.45) is 1.97. The first-order valence-electron chi connectivity index (χ1n) is 5.66. The Kier molecular flexibility index (Phi) is 3.37. The lowest BCUT2D eigenvalue weighted by molar-refractivity contribution is -0.120. The predicted molar refractivity (Wildman–Crippen MR) is 62.5 cm³/mol. The van der Waals surface area contributed by atoms with Gasteiger partial charge in [-0.25, -0.2) is 0 Å². The molecule has 2 heterocycles. The molecule has 0 saturated carbocycles. The molecule has 1 aliphatic rings. The van der Waals surface area contributed by atoms with E-state index >= 15 is 0 Å². The van der Waals surface area contributed by atoms with Crippen molar-refractivity contribution < 1.29 is 9.59 Å². The van der Waals surface area contributed by atoms with Crippen LogP contribution in [-0.2, 0) is 4.79 Å². The summed E-state index contributed by atoms with van der Waals surface area (Å²) < 4.78 is 0. The van der Waals surface area contributed by atoms with Crippen LogP contribution in [-0.4, -0.2) is 41.3 Å². The molecular formula is C12H15N3O2. The van der Waals surface area contributed by atoms with Gasteiger partial charge in [-0.3, -0.25) is 14.6 Å². The van der Waals surface area contributed by atoms with Crippen LogP contribution in [0.1, 0.15) is 22.5 Å². The normalized spacial score (nSPS) is 16.3. The number of hydrogen-bond donors (Lipinski definition) is 1. The smallest absolute Gasteiger partial charge is 0.272 e. The molecule has 1 aliphatic heterocycles. The van der Waals surface area contributed by atoms with Crippen molar-refractivity contribution >= 4 is 11.8 Å². The van der Waals surface area contributed by atoms with E-state index in [0.717, 1.165) is 5.56 Å². The van der Waals surface area contributed by atoms with Gasteiger partial charge in [0, 0.05) is 32.3 Å². The Balaban J connectivity index is 2.14. The average Bonchev–Trinajstić information content (AvgIpc) is 2.54. The minimum Gasteiger partial charge on any atom is -0.354 e. The Labute approximate surface area is 99.8 Å². The van der Waals surface area contributed by atoms with Crippen LogP contribution >= 0.6 is 0 Å². The van der Waals surface area contributed by atoms with Crippen molar-refractivity contribution in [2.75, 3.05) is 19.6 Å². The van der Waals surface area contributed by atoms with E-state index in [1.807, 2.05) is 13.0 Å².